The zero-order valence-corrected chi connectivity index (χ0v) is 10.9. The number of hydrogen-bond donors (Lipinski definition) is 1. The van der Waals surface area contributed by atoms with Gasteiger partial charge in [0.25, 0.3) is 5.56 Å². The molecule has 106 valence electrons. The lowest BCUT2D eigenvalue weighted by atomic mass is 10.2. The molecule has 0 spiro atoms. The molecule has 0 bridgehead atoms. The van der Waals surface area contributed by atoms with E-state index in [9.17, 15) is 18.4 Å². The van der Waals surface area contributed by atoms with E-state index in [4.69, 9.17) is 0 Å². The van der Waals surface area contributed by atoms with Crippen LogP contribution < -0.4 is 5.56 Å². The second kappa shape index (κ2) is 5.28. The Bertz CT molecular complexity index is 719. The Morgan fingerprint density at radius 2 is 2.10 bits per heavy atom. The van der Waals surface area contributed by atoms with E-state index in [1.54, 1.807) is 6.92 Å². The van der Waals surface area contributed by atoms with Crippen LogP contribution >= 0.6 is 0 Å². The van der Waals surface area contributed by atoms with Gasteiger partial charge in [-0.25, -0.2) is 13.5 Å². The number of nitrogens with one attached hydrogen (secondary N) is 1. The molecule has 2 rings (SSSR count). The van der Waals surface area contributed by atoms with E-state index in [0.717, 1.165) is 16.8 Å². The van der Waals surface area contributed by atoms with Crippen molar-refractivity contribution in [1.82, 2.24) is 9.78 Å². The fourth-order valence-electron chi connectivity index (χ4n) is 1.84. The Hall–Kier alpha value is -2.44. The van der Waals surface area contributed by atoms with Crippen LogP contribution in [0.15, 0.2) is 23.0 Å². The fourth-order valence-corrected chi connectivity index (χ4v) is 1.84. The highest BCUT2D eigenvalue weighted by Gasteiger charge is 2.17. The fraction of sp³-hybridized carbons (Fsp3) is 0.231. The molecule has 5 nitrogen and oxygen atoms in total. The molecule has 0 saturated heterocycles. The maximum absolute atomic E-state index is 13.7. The van der Waals surface area contributed by atoms with Crippen LogP contribution in [-0.2, 0) is 16.0 Å². The molecule has 0 aliphatic rings. The number of aromatic amines is 1. The molecule has 1 aromatic carbocycles. The second-order valence-corrected chi connectivity index (χ2v) is 4.20. The van der Waals surface area contributed by atoms with Crippen molar-refractivity contribution in [3.8, 4) is 5.69 Å². The maximum atomic E-state index is 13.7. The van der Waals surface area contributed by atoms with Gasteiger partial charge in [0.1, 0.15) is 11.5 Å². The largest absolute Gasteiger partial charge is 0.469 e. The first kappa shape index (κ1) is 14.0. The van der Waals surface area contributed by atoms with Gasteiger partial charge in [0, 0.05) is 11.8 Å². The van der Waals surface area contributed by atoms with E-state index >= 15 is 0 Å². The minimum absolute atomic E-state index is 0.115. The third kappa shape index (κ3) is 2.47. The summed E-state index contributed by atoms with van der Waals surface area (Å²) in [6.45, 7) is 1.58. The summed E-state index contributed by atoms with van der Waals surface area (Å²) in [6, 6.07) is 2.86. The first-order valence-corrected chi connectivity index (χ1v) is 5.76. The Balaban J connectivity index is 2.51. The van der Waals surface area contributed by atoms with Crippen molar-refractivity contribution in [2.45, 2.75) is 13.3 Å². The van der Waals surface area contributed by atoms with Crippen molar-refractivity contribution in [2.24, 2.45) is 0 Å². The highest BCUT2D eigenvalue weighted by molar-refractivity contribution is 5.72. The third-order valence-electron chi connectivity index (χ3n) is 2.89. The number of H-pyrrole nitrogens is 1. The van der Waals surface area contributed by atoms with E-state index in [0.29, 0.717) is 11.8 Å². The van der Waals surface area contributed by atoms with Crippen LogP contribution in [0.1, 0.15) is 11.3 Å². The molecule has 0 aliphatic heterocycles. The minimum atomic E-state index is -0.877. The van der Waals surface area contributed by atoms with E-state index in [-0.39, 0.29) is 17.7 Å². The first-order chi connectivity index (χ1) is 9.43. The van der Waals surface area contributed by atoms with Crippen molar-refractivity contribution < 1.29 is 18.3 Å². The predicted octanol–water partition coefficient (Wildman–Crippen LogP) is 1.47. The molecule has 0 fully saturated rings. The van der Waals surface area contributed by atoms with Gasteiger partial charge in [0.15, 0.2) is 5.82 Å². The number of nitrogens with zero attached hydrogens (tertiary/aromatic N) is 1. The normalized spacial score (nSPS) is 10.6. The Labute approximate surface area is 112 Å². The monoisotopic (exact) mass is 282 g/mol. The van der Waals surface area contributed by atoms with Gasteiger partial charge in [-0.3, -0.25) is 14.7 Å². The summed E-state index contributed by atoms with van der Waals surface area (Å²) in [5.41, 5.74) is -0.0845. The number of esters is 1. The van der Waals surface area contributed by atoms with Crippen molar-refractivity contribution in [3.63, 3.8) is 0 Å². The molecule has 7 heteroatoms. The first-order valence-electron chi connectivity index (χ1n) is 5.76. The molecule has 20 heavy (non-hydrogen) atoms. The number of carbonyl (C=O) groups is 1. The summed E-state index contributed by atoms with van der Waals surface area (Å²) < 4.78 is 32.0. The SMILES string of the molecule is COC(=O)Cc1c(C)[nH]n(-c2ccc(F)cc2F)c1=O. The zero-order chi connectivity index (χ0) is 14.9. The average molecular weight is 282 g/mol. The van der Waals surface area contributed by atoms with Crippen molar-refractivity contribution >= 4 is 5.97 Å². The number of benzene rings is 1. The van der Waals surface area contributed by atoms with Gasteiger partial charge in [-0.2, -0.15) is 0 Å². The van der Waals surface area contributed by atoms with E-state index in [2.05, 4.69) is 9.84 Å². The third-order valence-corrected chi connectivity index (χ3v) is 2.89. The van der Waals surface area contributed by atoms with E-state index in [1.807, 2.05) is 0 Å². The number of aromatic nitrogens is 2. The Kier molecular flexibility index (Phi) is 3.69. The van der Waals surface area contributed by atoms with Crippen molar-refractivity contribution in [1.29, 1.82) is 0 Å². The maximum Gasteiger partial charge on any atom is 0.310 e. The molecule has 2 aromatic rings. The number of carbonyl (C=O) groups excluding carboxylic acids is 1. The molecular weight excluding hydrogens is 270 g/mol. The Morgan fingerprint density at radius 3 is 2.70 bits per heavy atom. The predicted molar refractivity (Wildman–Crippen MR) is 66.8 cm³/mol. The zero-order valence-electron chi connectivity index (χ0n) is 10.9. The molecule has 1 N–H and O–H groups in total. The van der Waals surface area contributed by atoms with Gasteiger partial charge < -0.3 is 4.74 Å². The van der Waals surface area contributed by atoms with Gasteiger partial charge in [-0.1, -0.05) is 0 Å². The lowest BCUT2D eigenvalue weighted by molar-refractivity contribution is -0.139. The van der Waals surface area contributed by atoms with Crippen LogP contribution in [0.2, 0.25) is 0 Å². The minimum Gasteiger partial charge on any atom is -0.469 e. The molecule has 0 unspecified atom stereocenters. The second-order valence-electron chi connectivity index (χ2n) is 4.20. The van der Waals surface area contributed by atoms with E-state index < -0.39 is 23.2 Å². The summed E-state index contributed by atoms with van der Waals surface area (Å²) >= 11 is 0. The van der Waals surface area contributed by atoms with Crippen LogP contribution in [0.25, 0.3) is 5.69 Å². The molecule has 0 saturated carbocycles. The highest BCUT2D eigenvalue weighted by Crippen LogP contribution is 2.14. The van der Waals surface area contributed by atoms with Crippen molar-refractivity contribution in [3.05, 3.63) is 51.4 Å². The number of rotatable bonds is 3. The summed E-state index contributed by atoms with van der Waals surface area (Å²) in [5.74, 6) is -2.19. The number of aryl methyl sites for hydroxylation is 1. The topological polar surface area (TPSA) is 64.1 Å². The number of ether oxygens (including phenoxy) is 1. The van der Waals surface area contributed by atoms with Crippen LogP contribution in [0.4, 0.5) is 8.78 Å². The molecule has 0 amide bonds. The lowest BCUT2D eigenvalue weighted by Gasteiger charge is -2.03. The molecular formula is C13H12F2N2O3. The smallest absolute Gasteiger partial charge is 0.310 e. The lowest BCUT2D eigenvalue weighted by Crippen LogP contribution is -2.20. The van der Waals surface area contributed by atoms with E-state index in [1.165, 1.54) is 7.11 Å². The molecule has 0 atom stereocenters. The number of methoxy groups -OCH3 is 1. The summed E-state index contributed by atoms with van der Waals surface area (Å²) in [6.07, 6.45) is -0.215. The summed E-state index contributed by atoms with van der Waals surface area (Å²) in [7, 11) is 1.21. The Morgan fingerprint density at radius 1 is 1.40 bits per heavy atom. The van der Waals surface area contributed by atoms with Gasteiger partial charge in [-0.15, -0.1) is 0 Å². The molecule has 1 heterocycles. The van der Waals surface area contributed by atoms with Gasteiger partial charge in [-0.05, 0) is 19.1 Å². The van der Waals surface area contributed by atoms with Crippen LogP contribution in [0, 0.1) is 18.6 Å². The highest BCUT2D eigenvalue weighted by atomic mass is 19.1. The quantitative estimate of drug-likeness (QED) is 0.867. The van der Waals surface area contributed by atoms with Crippen LogP contribution in [0.5, 0.6) is 0 Å². The average Bonchev–Trinajstić information content (AvgIpc) is 2.66. The van der Waals surface area contributed by atoms with Gasteiger partial charge in [0.05, 0.1) is 19.1 Å². The van der Waals surface area contributed by atoms with Gasteiger partial charge in [0.2, 0.25) is 0 Å². The summed E-state index contributed by atoms with van der Waals surface area (Å²) in [4.78, 5) is 23.4. The van der Waals surface area contributed by atoms with Crippen LogP contribution in [0.3, 0.4) is 0 Å². The van der Waals surface area contributed by atoms with Crippen molar-refractivity contribution in [2.75, 3.05) is 7.11 Å². The molecule has 0 radical (unpaired) electrons. The number of hydrogen-bond acceptors (Lipinski definition) is 3. The van der Waals surface area contributed by atoms with Gasteiger partial charge >= 0.3 is 5.97 Å². The summed E-state index contributed by atoms with van der Waals surface area (Å²) in [5, 5.41) is 2.65. The van der Waals surface area contributed by atoms with Crippen LogP contribution in [-0.4, -0.2) is 22.9 Å². The molecule has 0 aliphatic carbocycles. The molecule has 1 aromatic heterocycles. The standard InChI is InChI=1S/C13H12F2N2O3/c1-7-9(6-12(18)20-2)13(19)17(16-7)11-4-3-8(14)5-10(11)15/h3-5,16H,6H2,1-2H3. The number of halogens is 2.